The molecule has 2 N–H and O–H groups in total. The molecular weight excluding hydrogens is 386 g/mol. The highest BCUT2D eigenvalue weighted by atomic mass is 32.2. The van der Waals surface area contributed by atoms with Crippen molar-refractivity contribution in [1.29, 1.82) is 5.41 Å². The second-order valence-corrected chi connectivity index (χ2v) is 6.55. The van der Waals surface area contributed by atoms with E-state index >= 15 is 0 Å². The number of nitrogens with zero attached hydrogens (tertiary/aromatic N) is 1. The molecule has 1 fully saturated rings. The van der Waals surface area contributed by atoms with Gasteiger partial charge in [-0.1, -0.05) is 6.07 Å². The number of methoxy groups -OCH3 is 1. The van der Waals surface area contributed by atoms with Crippen LogP contribution >= 0.6 is 11.8 Å². The van der Waals surface area contributed by atoms with Gasteiger partial charge in [-0.25, -0.2) is 4.79 Å². The highest BCUT2D eigenvalue weighted by Gasteiger charge is 2.22. The van der Waals surface area contributed by atoms with Crippen molar-refractivity contribution in [2.45, 2.75) is 0 Å². The Labute approximate surface area is 163 Å². The van der Waals surface area contributed by atoms with E-state index in [4.69, 9.17) is 14.9 Å². The topological polar surface area (TPSA) is 132 Å². The standard InChI is InChI=1S/C18H13N3O6S/c1-26-14-8-10(9-15-16(22)20-18(19)28-15)2-7-13(14)27-17(23)11-3-5-12(6-4-11)21(24)25/h2-9H,1H3,(H2,19,20,22)/b15-9+. The Morgan fingerprint density at radius 2 is 1.93 bits per heavy atom. The summed E-state index contributed by atoms with van der Waals surface area (Å²) in [6.45, 7) is 0. The molecule has 9 nitrogen and oxygen atoms in total. The molecule has 0 aromatic heterocycles. The third kappa shape index (κ3) is 4.18. The monoisotopic (exact) mass is 399 g/mol. The molecule has 10 heteroatoms. The largest absolute Gasteiger partial charge is 0.493 e. The summed E-state index contributed by atoms with van der Waals surface area (Å²) in [5.41, 5.74) is 0.643. The van der Waals surface area contributed by atoms with Gasteiger partial charge in [0.25, 0.3) is 11.6 Å². The fourth-order valence-corrected chi connectivity index (χ4v) is 3.03. The van der Waals surface area contributed by atoms with Crippen LogP contribution in [-0.2, 0) is 4.79 Å². The van der Waals surface area contributed by atoms with Crippen molar-refractivity contribution in [2.75, 3.05) is 7.11 Å². The summed E-state index contributed by atoms with van der Waals surface area (Å²) >= 11 is 1.01. The van der Waals surface area contributed by atoms with Crippen molar-refractivity contribution in [3.8, 4) is 11.5 Å². The van der Waals surface area contributed by atoms with Crippen molar-refractivity contribution in [1.82, 2.24) is 5.32 Å². The first kappa shape index (κ1) is 19.1. The number of nitrogens with one attached hydrogen (secondary N) is 2. The zero-order valence-electron chi connectivity index (χ0n) is 14.4. The summed E-state index contributed by atoms with van der Waals surface area (Å²) in [6.07, 6.45) is 1.59. The lowest BCUT2D eigenvalue weighted by atomic mass is 10.1. The number of esters is 1. The molecule has 3 rings (SSSR count). The van der Waals surface area contributed by atoms with Gasteiger partial charge in [-0.2, -0.15) is 0 Å². The first-order valence-corrected chi connectivity index (χ1v) is 8.63. The normalized spacial score (nSPS) is 14.7. The Morgan fingerprint density at radius 3 is 2.50 bits per heavy atom. The number of amides is 1. The van der Waals surface area contributed by atoms with Crippen molar-refractivity contribution < 1.29 is 24.0 Å². The summed E-state index contributed by atoms with van der Waals surface area (Å²) in [5, 5.41) is 20.6. The lowest BCUT2D eigenvalue weighted by Crippen LogP contribution is -2.18. The summed E-state index contributed by atoms with van der Waals surface area (Å²) in [6, 6.07) is 9.76. The van der Waals surface area contributed by atoms with Crippen LogP contribution in [-0.4, -0.2) is 29.1 Å². The average Bonchev–Trinajstić information content (AvgIpc) is 2.99. The minimum absolute atomic E-state index is 0.0527. The quantitative estimate of drug-likeness (QED) is 0.260. The van der Waals surface area contributed by atoms with Crippen LogP contribution in [0.1, 0.15) is 15.9 Å². The maximum Gasteiger partial charge on any atom is 0.343 e. The summed E-state index contributed by atoms with van der Waals surface area (Å²) in [5.74, 6) is -0.631. The molecule has 142 valence electrons. The van der Waals surface area contributed by atoms with Gasteiger partial charge in [-0.05, 0) is 47.7 Å². The molecule has 1 heterocycles. The predicted molar refractivity (Wildman–Crippen MR) is 102 cm³/mol. The first-order valence-electron chi connectivity index (χ1n) is 7.81. The van der Waals surface area contributed by atoms with Gasteiger partial charge >= 0.3 is 5.97 Å². The van der Waals surface area contributed by atoms with Crippen LogP contribution in [0.15, 0.2) is 47.4 Å². The zero-order valence-corrected chi connectivity index (χ0v) is 15.2. The number of carbonyl (C=O) groups is 2. The Bertz CT molecular complexity index is 1020. The number of thioether (sulfide) groups is 1. The predicted octanol–water partition coefficient (Wildman–Crippen LogP) is 2.96. The van der Waals surface area contributed by atoms with E-state index in [0.29, 0.717) is 10.5 Å². The molecule has 0 spiro atoms. The van der Waals surface area contributed by atoms with Crippen LogP contribution in [0.3, 0.4) is 0 Å². The number of carbonyl (C=O) groups excluding carboxylic acids is 2. The second kappa shape index (κ2) is 7.92. The molecular formula is C18H13N3O6S. The number of hydrogen-bond acceptors (Lipinski definition) is 8. The van der Waals surface area contributed by atoms with Gasteiger partial charge in [0.1, 0.15) is 0 Å². The smallest absolute Gasteiger partial charge is 0.343 e. The van der Waals surface area contributed by atoms with Crippen molar-refractivity contribution >= 4 is 40.6 Å². The van der Waals surface area contributed by atoms with E-state index < -0.39 is 10.9 Å². The molecule has 0 aliphatic carbocycles. The molecule has 1 aliphatic rings. The molecule has 0 unspecified atom stereocenters. The molecule has 2 aromatic carbocycles. The number of amidine groups is 1. The van der Waals surface area contributed by atoms with E-state index in [2.05, 4.69) is 5.32 Å². The minimum Gasteiger partial charge on any atom is -0.493 e. The van der Waals surface area contributed by atoms with Crippen LogP contribution in [0, 0.1) is 15.5 Å². The fourth-order valence-electron chi connectivity index (χ4n) is 2.33. The highest BCUT2D eigenvalue weighted by molar-refractivity contribution is 8.18. The Hall–Kier alpha value is -3.66. The van der Waals surface area contributed by atoms with Gasteiger partial charge in [-0.15, -0.1) is 0 Å². The number of nitro benzene ring substituents is 1. The lowest BCUT2D eigenvalue weighted by molar-refractivity contribution is -0.384. The molecule has 2 aromatic rings. The van der Waals surface area contributed by atoms with Crippen LogP contribution in [0.4, 0.5) is 5.69 Å². The molecule has 1 saturated heterocycles. The number of rotatable bonds is 5. The third-order valence-electron chi connectivity index (χ3n) is 3.66. The van der Waals surface area contributed by atoms with Crippen LogP contribution in [0.5, 0.6) is 11.5 Å². The van der Waals surface area contributed by atoms with Crippen molar-refractivity contribution in [2.24, 2.45) is 0 Å². The molecule has 1 amide bonds. The third-order valence-corrected chi connectivity index (χ3v) is 4.49. The molecule has 0 radical (unpaired) electrons. The van der Waals surface area contributed by atoms with E-state index in [0.717, 1.165) is 11.8 Å². The second-order valence-electron chi connectivity index (χ2n) is 5.50. The summed E-state index contributed by atoms with van der Waals surface area (Å²) in [7, 11) is 1.40. The molecule has 0 bridgehead atoms. The van der Waals surface area contributed by atoms with Crippen LogP contribution < -0.4 is 14.8 Å². The maximum atomic E-state index is 12.3. The van der Waals surface area contributed by atoms with Gasteiger partial charge in [0.05, 0.1) is 22.5 Å². The number of ether oxygens (including phenoxy) is 2. The number of nitro groups is 1. The van der Waals surface area contributed by atoms with Gasteiger partial charge in [0, 0.05) is 12.1 Å². The number of hydrogen-bond donors (Lipinski definition) is 2. The summed E-state index contributed by atoms with van der Waals surface area (Å²) in [4.78, 5) is 34.4. The van der Waals surface area contributed by atoms with Crippen LogP contribution in [0.25, 0.3) is 6.08 Å². The number of benzene rings is 2. The van der Waals surface area contributed by atoms with E-state index in [-0.39, 0.29) is 33.8 Å². The highest BCUT2D eigenvalue weighted by Crippen LogP contribution is 2.32. The first-order chi connectivity index (χ1) is 13.4. The molecule has 0 atom stereocenters. The molecule has 0 saturated carbocycles. The maximum absolute atomic E-state index is 12.3. The average molecular weight is 399 g/mol. The zero-order chi connectivity index (χ0) is 20.3. The molecule has 1 aliphatic heterocycles. The lowest BCUT2D eigenvalue weighted by Gasteiger charge is -2.10. The van der Waals surface area contributed by atoms with Gasteiger partial charge < -0.3 is 14.8 Å². The van der Waals surface area contributed by atoms with E-state index in [1.165, 1.54) is 37.4 Å². The Morgan fingerprint density at radius 1 is 1.21 bits per heavy atom. The Balaban J connectivity index is 1.79. The van der Waals surface area contributed by atoms with Crippen molar-refractivity contribution in [3.63, 3.8) is 0 Å². The van der Waals surface area contributed by atoms with E-state index in [1.54, 1.807) is 18.2 Å². The van der Waals surface area contributed by atoms with Gasteiger partial charge in [-0.3, -0.25) is 20.3 Å². The minimum atomic E-state index is -0.696. The SMILES string of the molecule is COc1cc(/C=C2/SC(=N)NC2=O)ccc1OC(=O)c1ccc([N+](=O)[O-])cc1. The summed E-state index contributed by atoms with van der Waals surface area (Å²) < 4.78 is 10.6. The van der Waals surface area contributed by atoms with E-state index in [9.17, 15) is 19.7 Å². The Kier molecular flexibility index (Phi) is 5.41. The van der Waals surface area contributed by atoms with Gasteiger partial charge in [0.15, 0.2) is 16.7 Å². The van der Waals surface area contributed by atoms with E-state index in [1.807, 2.05) is 0 Å². The fraction of sp³-hybridized carbons (Fsp3) is 0.0556. The van der Waals surface area contributed by atoms with Crippen LogP contribution in [0.2, 0.25) is 0 Å². The molecule has 28 heavy (non-hydrogen) atoms. The number of non-ortho nitro benzene ring substituents is 1. The van der Waals surface area contributed by atoms with Crippen molar-refractivity contribution in [3.05, 3.63) is 68.6 Å². The van der Waals surface area contributed by atoms with Gasteiger partial charge in [0.2, 0.25) is 0 Å².